The van der Waals surface area contributed by atoms with Gasteiger partial charge in [-0.2, -0.15) is 0 Å². The fraction of sp³-hybridized carbons (Fsp3) is 0.143. The fourth-order valence-corrected chi connectivity index (χ4v) is 0.795. The van der Waals surface area contributed by atoms with Crippen LogP contribution >= 0.6 is 0 Å². The Morgan fingerprint density at radius 2 is 2.18 bits per heavy atom. The summed E-state index contributed by atoms with van der Waals surface area (Å²) in [5, 5.41) is 2.75. The molecule has 11 heavy (non-hydrogen) atoms. The topological polar surface area (TPSA) is 81.5 Å². The molecule has 0 aromatic heterocycles. The van der Waals surface area contributed by atoms with Crippen molar-refractivity contribution in [3.63, 3.8) is 0 Å². The minimum atomic E-state index is 0.257. The first-order valence-electron chi connectivity index (χ1n) is 3.19. The highest BCUT2D eigenvalue weighted by molar-refractivity contribution is 5.63. The van der Waals surface area contributed by atoms with Gasteiger partial charge in [0.1, 0.15) is 5.69 Å². The van der Waals surface area contributed by atoms with Gasteiger partial charge in [-0.15, -0.1) is 4.91 Å². The molecule has 0 saturated heterocycles. The van der Waals surface area contributed by atoms with Crippen LogP contribution in [0.5, 0.6) is 0 Å². The summed E-state index contributed by atoms with van der Waals surface area (Å²) in [5.74, 6) is 0. The highest BCUT2D eigenvalue weighted by atomic mass is 16.3. The largest absolute Gasteiger partial charge is 0.397 e. The molecule has 4 N–H and O–H groups in total. The number of hydrogen-bond acceptors (Lipinski definition) is 4. The Hall–Kier alpha value is -1.42. The van der Waals surface area contributed by atoms with Gasteiger partial charge in [-0.05, 0) is 22.9 Å². The van der Waals surface area contributed by atoms with Crippen LogP contribution in [-0.2, 0) is 6.54 Å². The molecule has 0 atom stereocenters. The molecule has 0 spiro atoms. The number of nitrogens with two attached hydrogens (primary N) is 2. The molecule has 1 aromatic rings. The summed E-state index contributed by atoms with van der Waals surface area (Å²) in [7, 11) is 0. The third kappa shape index (κ3) is 1.53. The lowest BCUT2D eigenvalue weighted by molar-refractivity contribution is 1.07. The van der Waals surface area contributed by atoms with E-state index in [1.807, 2.05) is 0 Å². The van der Waals surface area contributed by atoms with E-state index in [9.17, 15) is 4.91 Å². The van der Waals surface area contributed by atoms with Crippen LogP contribution in [0.4, 0.5) is 11.4 Å². The zero-order valence-corrected chi connectivity index (χ0v) is 5.95. The Morgan fingerprint density at radius 3 is 2.73 bits per heavy atom. The smallest absolute Gasteiger partial charge is 0.131 e. The lowest BCUT2D eigenvalue weighted by Gasteiger charge is -1.98. The van der Waals surface area contributed by atoms with Gasteiger partial charge in [-0.1, -0.05) is 6.07 Å². The van der Waals surface area contributed by atoms with Crippen LogP contribution in [0.1, 0.15) is 5.56 Å². The molecule has 4 heteroatoms. The molecule has 0 heterocycles. The summed E-state index contributed by atoms with van der Waals surface area (Å²) in [6.45, 7) is 0.392. The van der Waals surface area contributed by atoms with Gasteiger partial charge in [-0.3, -0.25) is 0 Å². The van der Waals surface area contributed by atoms with Crippen molar-refractivity contribution in [2.75, 3.05) is 5.73 Å². The standard InChI is InChI=1S/C7H9N3O/c8-4-5-1-2-6(9)7(3-5)10-11/h1-3H,4,8-9H2. The predicted octanol–water partition coefficient (Wildman–Crippen LogP) is 1.13. The fourth-order valence-electron chi connectivity index (χ4n) is 0.795. The molecular formula is C7H9N3O. The van der Waals surface area contributed by atoms with Crippen molar-refractivity contribution in [1.82, 2.24) is 0 Å². The second-order valence-corrected chi connectivity index (χ2v) is 2.19. The SMILES string of the molecule is NCc1ccc(N)c(N=O)c1. The van der Waals surface area contributed by atoms with Gasteiger partial charge in [0.25, 0.3) is 0 Å². The van der Waals surface area contributed by atoms with E-state index in [-0.39, 0.29) is 5.69 Å². The molecule has 4 nitrogen and oxygen atoms in total. The van der Waals surface area contributed by atoms with Gasteiger partial charge in [0.05, 0.1) is 5.69 Å². The number of anilines is 1. The van der Waals surface area contributed by atoms with Crippen molar-refractivity contribution >= 4 is 11.4 Å². The Labute approximate surface area is 64.2 Å². The van der Waals surface area contributed by atoms with Gasteiger partial charge in [0, 0.05) is 6.54 Å². The summed E-state index contributed by atoms with van der Waals surface area (Å²) in [5.41, 5.74) is 12.3. The van der Waals surface area contributed by atoms with Crippen molar-refractivity contribution in [2.45, 2.75) is 6.54 Å². The molecule has 0 unspecified atom stereocenters. The summed E-state index contributed by atoms with van der Waals surface area (Å²) < 4.78 is 0. The Bertz CT molecular complexity index is 272. The molecule has 0 aliphatic heterocycles. The highest BCUT2D eigenvalue weighted by Crippen LogP contribution is 2.22. The van der Waals surface area contributed by atoms with Gasteiger partial charge in [0.15, 0.2) is 0 Å². The number of nitrogen functional groups attached to an aromatic ring is 1. The molecule has 0 amide bonds. The normalized spacial score (nSPS) is 9.55. The Balaban J connectivity index is 3.12. The van der Waals surface area contributed by atoms with Crippen molar-refractivity contribution in [3.8, 4) is 0 Å². The second kappa shape index (κ2) is 3.12. The maximum atomic E-state index is 10.1. The van der Waals surface area contributed by atoms with Gasteiger partial charge >= 0.3 is 0 Å². The molecule has 1 rings (SSSR count). The zero-order chi connectivity index (χ0) is 8.27. The highest BCUT2D eigenvalue weighted by Gasteiger charge is 1.98. The second-order valence-electron chi connectivity index (χ2n) is 2.19. The van der Waals surface area contributed by atoms with E-state index < -0.39 is 0 Å². The molecule has 0 fully saturated rings. The first-order chi connectivity index (χ1) is 5.27. The minimum absolute atomic E-state index is 0.257. The summed E-state index contributed by atoms with van der Waals surface area (Å²) >= 11 is 0. The molecule has 0 saturated carbocycles. The number of nitrogens with zero attached hydrogens (tertiary/aromatic N) is 1. The zero-order valence-electron chi connectivity index (χ0n) is 5.95. The van der Waals surface area contributed by atoms with E-state index >= 15 is 0 Å². The van der Waals surface area contributed by atoms with Crippen molar-refractivity contribution in [2.24, 2.45) is 10.9 Å². The first kappa shape index (κ1) is 7.68. The van der Waals surface area contributed by atoms with E-state index in [1.54, 1.807) is 18.2 Å². The van der Waals surface area contributed by atoms with Crippen LogP contribution in [0.2, 0.25) is 0 Å². The maximum Gasteiger partial charge on any atom is 0.131 e. The van der Waals surface area contributed by atoms with Gasteiger partial charge in [-0.25, -0.2) is 0 Å². The van der Waals surface area contributed by atoms with Crippen LogP contribution in [-0.4, -0.2) is 0 Å². The molecule has 58 valence electrons. The lowest BCUT2D eigenvalue weighted by Crippen LogP contribution is -1.96. The predicted molar refractivity (Wildman–Crippen MR) is 44.2 cm³/mol. The number of nitroso groups, excluding NO2 is 1. The number of rotatable bonds is 2. The molecule has 0 aliphatic carbocycles. The quantitative estimate of drug-likeness (QED) is 0.491. The third-order valence-corrected chi connectivity index (χ3v) is 1.43. The third-order valence-electron chi connectivity index (χ3n) is 1.43. The Kier molecular flexibility index (Phi) is 2.18. The molecule has 1 aromatic carbocycles. The van der Waals surface area contributed by atoms with E-state index in [1.165, 1.54) is 0 Å². The van der Waals surface area contributed by atoms with Gasteiger partial charge < -0.3 is 11.5 Å². The lowest BCUT2D eigenvalue weighted by atomic mass is 10.2. The van der Waals surface area contributed by atoms with Crippen molar-refractivity contribution in [1.29, 1.82) is 0 Å². The van der Waals surface area contributed by atoms with Crippen LogP contribution < -0.4 is 11.5 Å². The average molecular weight is 151 g/mol. The molecule has 0 radical (unpaired) electrons. The van der Waals surface area contributed by atoms with E-state index in [0.29, 0.717) is 12.2 Å². The summed E-state index contributed by atoms with van der Waals surface area (Å²) in [6, 6.07) is 4.98. The maximum absolute atomic E-state index is 10.1. The van der Waals surface area contributed by atoms with E-state index in [4.69, 9.17) is 11.5 Å². The van der Waals surface area contributed by atoms with Crippen LogP contribution in [0.3, 0.4) is 0 Å². The van der Waals surface area contributed by atoms with Gasteiger partial charge in [0.2, 0.25) is 0 Å². The Morgan fingerprint density at radius 1 is 1.45 bits per heavy atom. The van der Waals surface area contributed by atoms with Crippen molar-refractivity contribution < 1.29 is 0 Å². The molecule has 0 bridgehead atoms. The van der Waals surface area contributed by atoms with Crippen LogP contribution in [0.15, 0.2) is 23.4 Å². The van der Waals surface area contributed by atoms with Crippen LogP contribution in [0, 0.1) is 4.91 Å². The number of hydrogen-bond donors (Lipinski definition) is 2. The average Bonchev–Trinajstić information content (AvgIpc) is 2.05. The minimum Gasteiger partial charge on any atom is -0.397 e. The van der Waals surface area contributed by atoms with Crippen LogP contribution in [0.25, 0.3) is 0 Å². The van der Waals surface area contributed by atoms with E-state index in [2.05, 4.69) is 5.18 Å². The summed E-state index contributed by atoms with van der Waals surface area (Å²) in [6.07, 6.45) is 0. The molecule has 0 aliphatic rings. The monoisotopic (exact) mass is 151 g/mol. The van der Waals surface area contributed by atoms with E-state index in [0.717, 1.165) is 5.56 Å². The van der Waals surface area contributed by atoms with Crippen molar-refractivity contribution in [3.05, 3.63) is 28.7 Å². The number of benzene rings is 1. The first-order valence-corrected chi connectivity index (χ1v) is 3.19. The molecular weight excluding hydrogens is 142 g/mol. The summed E-state index contributed by atoms with van der Waals surface area (Å²) in [4.78, 5) is 10.1.